The van der Waals surface area contributed by atoms with Crippen LogP contribution in [-0.2, 0) is 16.1 Å². The van der Waals surface area contributed by atoms with Gasteiger partial charge in [0.1, 0.15) is 23.0 Å². The van der Waals surface area contributed by atoms with Crippen LogP contribution >= 0.6 is 15.9 Å². The molecule has 0 unspecified atom stereocenters. The molecule has 1 saturated heterocycles. The zero-order valence-electron chi connectivity index (χ0n) is 22.8. The van der Waals surface area contributed by atoms with Gasteiger partial charge in [-0.05, 0) is 48.5 Å². The van der Waals surface area contributed by atoms with Crippen molar-refractivity contribution in [1.82, 2.24) is 4.90 Å². The summed E-state index contributed by atoms with van der Waals surface area (Å²) in [5.41, 5.74) is 1.38. The van der Waals surface area contributed by atoms with Gasteiger partial charge in [0.05, 0.1) is 33.1 Å². The second kappa shape index (κ2) is 12.7. The number of piperazine rings is 1. The van der Waals surface area contributed by atoms with E-state index in [1.165, 1.54) is 13.2 Å². The first-order valence-electron chi connectivity index (χ1n) is 13.2. The molecule has 1 atom stereocenters. The third kappa shape index (κ3) is 6.66. The summed E-state index contributed by atoms with van der Waals surface area (Å²) in [6, 6.07) is 20.4. The number of methoxy groups -OCH3 is 2. The monoisotopic (exact) mass is 622 g/mol. The molecule has 10 heteroatoms. The fourth-order valence-corrected chi connectivity index (χ4v) is 5.19. The lowest BCUT2D eigenvalue weighted by Crippen LogP contribution is -2.46. The molecule has 41 heavy (non-hydrogen) atoms. The molecule has 0 bridgehead atoms. The Balaban J connectivity index is 1.36. The number of hydrogen-bond acceptors (Lipinski definition) is 9. The molecule has 0 spiro atoms. The maximum Gasteiger partial charge on any atom is 0.306 e. The van der Waals surface area contributed by atoms with Gasteiger partial charge in [-0.15, -0.1) is 0 Å². The summed E-state index contributed by atoms with van der Waals surface area (Å²) >= 11 is 3.43. The van der Waals surface area contributed by atoms with Crippen molar-refractivity contribution in [3.63, 3.8) is 0 Å². The van der Waals surface area contributed by atoms with Gasteiger partial charge in [-0.2, -0.15) is 0 Å². The summed E-state index contributed by atoms with van der Waals surface area (Å²) in [4.78, 5) is 29.7. The number of hydrogen-bond donors (Lipinski definition) is 1. The fourth-order valence-electron chi connectivity index (χ4n) is 4.93. The number of furan rings is 1. The van der Waals surface area contributed by atoms with E-state index in [4.69, 9.17) is 18.3 Å². The van der Waals surface area contributed by atoms with E-state index in [0.29, 0.717) is 23.8 Å². The Hall–Kier alpha value is -4.02. The maximum atomic E-state index is 12.8. The average molecular weight is 624 g/mol. The lowest BCUT2D eigenvalue weighted by Gasteiger charge is -2.35. The molecule has 2 aromatic carbocycles. The molecular weight excluding hydrogens is 592 g/mol. The molecule has 214 valence electrons. The summed E-state index contributed by atoms with van der Waals surface area (Å²) in [6.07, 6.45) is -0.176. The molecule has 5 rings (SSSR count). The summed E-state index contributed by atoms with van der Waals surface area (Å²) < 4.78 is 23.3. The number of halogens is 1. The Morgan fingerprint density at radius 3 is 2.34 bits per heavy atom. The van der Waals surface area contributed by atoms with Crippen LogP contribution in [0.1, 0.15) is 29.6 Å². The third-order valence-corrected chi connectivity index (χ3v) is 7.73. The number of carbonyl (C=O) groups is 1. The molecule has 1 aliphatic rings. The van der Waals surface area contributed by atoms with Crippen LogP contribution in [0, 0.1) is 0 Å². The van der Waals surface area contributed by atoms with Crippen molar-refractivity contribution < 1.29 is 28.2 Å². The van der Waals surface area contributed by atoms with Crippen LogP contribution in [-0.4, -0.2) is 56.4 Å². The normalized spacial score (nSPS) is 14.6. The van der Waals surface area contributed by atoms with E-state index in [1.807, 2.05) is 48.5 Å². The van der Waals surface area contributed by atoms with Gasteiger partial charge in [-0.25, -0.2) is 0 Å². The Labute approximate surface area is 246 Å². The summed E-state index contributed by atoms with van der Waals surface area (Å²) in [5.74, 6) is 0.211. The molecule has 0 amide bonds. The highest BCUT2D eigenvalue weighted by Gasteiger charge is 2.30. The van der Waals surface area contributed by atoms with E-state index in [0.717, 1.165) is 47.7 Å². The molecule has 1 N–H and O–H groups in total. The minimum Gasteiger partial charge on any atom is -0.502 e. The molecule has 0 saturated carbocycles. The van der Waals surface area contributed by atoms with Crippen molar-refractivity contribution in [2.24, 2.45) is 0 Å². The van der Waals surface area contributed by atoms with Crippen LogP contribution < -0.4 is 15.1 Å². The highest BCUT2D eigenvalue weighted by molar-refractivity contribution is 9.10. The van der Waals surface area contributed by atoms with Gasteiger partial charge in [0.15, 0.2) is 5.76 Å². The van der Waals surface area contributed by atoms with Gasteiger partial charge in [-0.3, -0.25) is 14.5 Å². The Morgan fingerprint density at radius 1 is 0.976 bits per heavy atom. The first-order valence-corrected chi connectivity index (χ1v) is 14.0. The van der Waals surface area contributed by atoms with Crippen molar-refractivity contribution in [3.05, 3.63) is 98.7 Å². The SMILES string of the molecule is COC(=O)C[C@H](c1ccc(-c2ccc(Br)cc2)o1)c1oc(CN2CCN(c3ccc(OC)cc3)CC2)cc(=O)c1O. The summed E-state index contributed by atoms with van der Waals surface area (Å²) in [6.45, 7) is 3.50. The number of ether oxygens (including phenoxy) is 2. The molecule has 3 heterocycles. The van der Waals surface area contributed by atoms with Crippen LogP contribution in [0.2, 0.25) is 0 Å². The molecule has 4 aromatic rings. The highest BCUT2D eigenvalue weighted by Crippen LogP contribution is 2.36. The van der Waals surface area contributed by atoms with Crippen molar-refractivity contribution in [1.29, 1.82) is 0 Å². The number of esters is 1. The third-order valence-electron chi connectivity index (χ3n) is 7.20. The van der Waals surface area contributed by atoms with E-state index in [-0.39, 0.29) is 12.2 Å². The zero-order chi connectivity index (χ0) is 28.9. The molecule has 1 fully saturated rings. The molecular formula is C31H31BrN2O7. The molecule has 2 aromatic heterocycles. The van der Waals surface area contributed by atoms with E-state index in [9.17, 15) is 14.7 Å². The van der Waals surface area contributed by atoms with Gasteiger partial charge in [0.2, 0.25) is 11.2 Å². The van der Waals surface area contributed by atoms with Crippen LogP contribution in [0.4, 0.5) is 5.69 Å². The maximum absolute atomic E-state index is 12.8. The van der Waals surface area contributed by atoms with Crippen LogP contribution in [0.15, 0.2) is 84.8 Å². The second-order valence-corrected chi connectivity index (χ2v) is 10.7. The highest BCUT2D eigenvalue weighted by atomic mass is 79.9. The minimum absolute atomic E-state index is 0.0218. The number of aromatic hydroxyl groups is 1. The standard InChI is InChI=1S/C31H31BrN2O7/c1-38-23-9-7-22(8-10-23)34-15-13-33(14-16-34)19-24-17-26(35)30(37)31(40-24)25(18-29(36)39-2)28-12-11-27(41-28)20-3-5-21(32)6-4-20/h3-12,17,25,37H,13-16,18-19H2,1-2H3/t25-/m1/s1. The first-order chi connectivity index (χ1) is 19.8. The van der Waals surface area contributed by atoms with E-state index >= 15 is 0 Å². The predicted octanol–water partition coefficient (Wildman–Crippen LogP) is 5.39. The quantitative estimate of drug-likeness (QED) is 0.246. The van der Waals surface area contributed by atoms with Gasteiger partial charge < -0.3 is 28.3 Å². The smallest absolute Gasteiger partial charge is 0.306 e. The minimum atomic E-state index is -0.855. The number of rotatable bonds is 9. The topological polar surface area (TPSA) is 106 Å². The molecule has 1 aliphatic heterocycles. The fraction of sp³-hybridized carbons (Fsp3) is 0.290. The van der Waals surface area contributed by atoms with E-state index in [2.05, 4.69) is 25.7 Å². The van der Waals surface area contributed by atoms with E-state index in [1.54, 1.807) is 19.2 Å². The Kier molecular flexibility index (Phi) is 8.80. The second-order valence-electron chi connectivity index (χ2n) is 9.79. The average Bonchev–Trinajstić information content (AvgIpc) is 3.48. The predicted molar refractivity (Wildman–Crippen MR) is 157 cm³/mol. The molecule has 0 aliphatic carbocycles. The zero-order valence-corrected chi connectivity index (χ0v) is 24.4. The van der Waals surface area contributed by atoms with Crippen molar-refractivity contribution in [2.75, 3.05) is 45.3 Å². The Morgan fingerprint density at radius 2 is 1.68 bits per heavy atom. The van der Waals surface area contributed by atoms with Gasteiger partial charge >= 0.3 is 5.97 Å². The van der Waals surface area contributed by atoms with Gasteiger partial charge in [0, 0.05) is 48.0 Å². The number of benzene rings is 2. The van der Waals surface area contributed by atoms with Crippen LogP contribution in [0.3, 0.4) is 0 Å². The summed E-state index contributed by atoms with van der Waals surface area (Å²) in [5, 5.41) is 10.8. The van der Waals surface area contributed by atoms with Gasteiger partial charge in [-0.1, -0.05) is 28.1 Å². The van der Waals surface area contributed by atoms with Gasteiger partial charge in [0.25, 0.3) is 0 Å². The lowest BCUT2D eigenvalue weighted by atomic mass is 9.98. The van der Waals surface area contributed by atoms with Crippen LogP contribution in [0.25, 0.3) is 11.3 Å². The van der Waals surface area contributed by atoms with Crippen molar-refractivity contribution in [2.45, 2.75) is 18.9 Å². The van der Waals surface area contributed by atoms with Crippen LogP contribution in [0.5, 0.6) is 11.5 Å². The number of anilines is 1. The largest absolute Gasteiger partial charge is 0.502 e. The first kappa shape index (κ1) is 28.5. The van der Waals surface area contributed by atoms with E-state index < -0.39 is 23.1 Å². The molecule has 0 radical (unpaired) electrons. The van der Waals surface area contributed by atoms with Crippen molar-refractivity contribution in [3.8, 4) is 22.8 Å². The number of carbonyl (C=O) groups excluding carboxylic acids is 1. The lowest BCUT2D eigenvalue weighted by molar-refractivity contribution is -0.141. The summed E-state index contributed by atoms with van der Waals surface area (Å²) in [7, 11) is 2.93. The Bertz CT molecular complexity index is 1540. The van der Waals surface area contributed by atoms with Crippen molar-refractivity contribution >= 4 is 27.6 Å². The molecule has 9 nitrogen and oxygen atoms in total. The number of nitrogens with zero attached hydrogens (tertiary/aromatic N) is 2.